The summed E-state index contributed by atoms with van der Waals surface area (Å²) in [4.78, 5) is 14.6. The largest absolute Gasteiger partial charge is 0.383 e. The van der Waals surface area contributed by atoms with E-state index in [0.717, 1.165) is 12.8 Å². The average molecular weight is 290 g/mol. The molecule has 1 N–H and O–H groups in total. The third kappa shape index (κ3) is 4.29. The highest BCUT2D eigenvalue weighted by Crippen LogP contribution is 2.19. The highest BCUT2D eigenvalue weighted by Gasteiger charge is 2.38. The van der Waals surface area contributed by atoms with Crippen molar-refractivity contribution in [3.8, 4) is 0 Å². The maximum Gasteiger partial charge on any atom is 0.241 e. The maximum atomic E-state index is 12.6. The van der Waals surface area contributed by atoms with Gasteiger partial charge in [-0.05, 0) is 24.3 Å². The van der Waals surface area contributed by atoms with Gasteiger partial charge >= 0.3 is 0 Å². The minimum absolute atomic E-state index is 0.118. The minimum atomic E-state index is -0.118. The van der Waals surface area contributed by atoms with Gasteiger partial charge in [0, 0.05) is 13.7 Å². The van der Waals surface area contributed by atoms with Gasteiger partial charge in [-0.2, -0.15) is 0 Å². The molecular formula is C17H26N2O2. The highest BCUT2D eigenvalue weighted by atomic mass is 16.5. The predicted molar refractivity (Wildman–Crippen MR) is 83.9 cm³/mol. The first-order chi connectivity index (χ1) is 10.1. The van der Waals surface area contributed by atoms with Gasteiger partial charge < -0.3 is 9.64 Å². The quantitative estimate of drug-likeness (QED) is 0.835. The fourth-order valence-corrected chi connectivity index (χ4v) is 2.84. The Morgan fingerprint density at radius 3 is 2.62 bits per heavy atom. The summed E-state index contributed by atoms with van der Waals surface area (Å²) in [6.07, 6.45) is 1.85. The normalized spacial score (nSPS) is 22.3. The second-order valence-electron chi connectivity index (χ2n) is 6.08. The molecular weight excluding hydrogens is 264 g/mol. The lowest BCUT2D eigenvalue weighted by Gasteiger charge is -2.25. The van der Waals surface area contributed by atoms with Crippen molar-refractivity contribution in [2.45, 2.75) is 38.9 Å². The number of methoxy groups -OCH3 is 1. The topological polar surface area (TPSA) is 41.6 Å². The summed E-state index contributed by atoms with van der Waals surface area (Å²) in [6, 6.07) is 10.1. The Morgan fingerprint density at radius 2 is 2.00 bits per heavy atom. The van der Waals surface area contributed by atoms with Gasteiger partial charge in [0.15, 0.2) is 0 Å². The second-order valence-corrected chi connectivity index (χ2v) is 6.08. The van der Waals surface area contributed by atoms with E-state index in [4.69, 9.17) is 4.74 Å². The number of nitrogens with zero attached hydrogens (tertiary/aromatic N) is 1. The Balaban J connectivity index is 2.04. The van der Waals surface area contributed by atoms with Gasteiger partial charge in [-0.25, -0.2) is 0 Å². The highest BCUT2D eigenvalue weighted by molar-refractivity contribution is 5.84. The first-order valence-corrected chi connectivity index (χ1v) is 7.71. The van der Waals surface area contributed by atoms with Crippen LogP contribution < -0.4 is 5.32 Å². The smallest absolute Gasteiger partial charge is 0.241 e. The molecule has 1 saturated heterocycles. The van der Waals surface area contributed by atoms with Gasteiger partial charge in [-0.15, -0.1) is 0 Å². The van der Waals surface area contributed by atoms with Crippen LogP contribution in [-0.4, -0.2) is 43.3 Å². The zero-order valence-electron chi connectivity index (χ0n) is 13.2. The first kappa shape index (κ1) is 16.0. The number of carbonyl (C=O) groups excluding carboxylic acids is 1. The van der Waals surface area contributed by atoms with Gasteiger partial charge in [0.25, 0.3) is 0 Å². The molecule has 4 heteroatoms. The monoisotopic (exact) mass is 290 g/mol. The van der Waals surface area contributed by atoms with E-state index in [1.54, 1.807) is 7.11 Å². The van der Waals surface area contributed by atoms with E-state index in [2.05, 4.69) is 31.3 Å². The molecule has 1 aromatic rings. The third-order valence-corrected chi connectivity index (χ3v) is 3.86. The van der Waals surface area contributed by atoms with E-state index < -0.39 is 0 Å². The van der Waals surface area contributed by atoms with Crippen LogP contribution in [0.5, 0.6) is 0 Å². The fraction of sp³-hybridized carbons (Fsp3) is 0.588. The van der Waals surface area contributed by atoms with E-state index in [-0.39, 0.29) is 18.1 Å². The summed E-state index contributed by atoms with van der Waals surface area (Å²) in [5, 5.41) is 3.50. The Kier molecular flexibility index (Phi) is 5.76. The van der Waals surface area contributed by atoms with Crippen molar-refractivity contribution in [2.24, 2.45) is 5.92 Å². The molecule has 4 nitrogen and oxygen atoms in total. The predicted octanol–water partition coefficient (Wildman–Crippen LogP) is 2.05. The lowest BCUT2D eigenvalue weighted by molar-refractivity contribution is -0.130. The Hall–Kier alpha value is -1.39. The van der Waals surface area contributed by atoms with Crippen LogP contribution in [-0.2, 0) is 16.0 Å². The molecule has 2 unspecified atom stereocenters. The molecule has 2 atom stereocenters. The molecule has 1 amide bonds. The van der Waals surface area contributed by atoms with Crippen LogP contribution in [0.25, 0.3) is 0 Å². The van der Waals surface area contributed by atoms with Crippen LogP contribution in [0.1, 0.15) is 25.8 Å². The van der Waals surface area contributed by atoms with Crippen molar-refractivity contribution in [1.82, 2.24) is 10.2 Å². The molecule has 0 saturated carbocycles. The Bertz CT molecular complexity index is 447. The number of nitrogens with one attached hydrogen (secondary N) is 1. The standard InChI is InChI=1S/C17H26N2O2/c1-13(2)11-16-18-15(12-14-7-5-4-6-8-14)17(20)19(16)9-10-21-3/h4-8,13,15-16,18H,9-12H2,1-3H3. The molecule has 2 rings (SSSR count). The van der Waals surface area contributed by atoms with Crippen LogP contribution in [0.3, 0.4) is 0 Å². The fourth-order valence-electron chi connectivity index (χ4n) is 2.84. The molecule has 1 heterocycles. The minimum Gasteiger partial charge on any atom is -0.383 e. The number of carbonyl (C=O) groups is 1. The van der Waals surface area contributed by atoms with Gasteiger partial charge in [-0.3, -0.25) is 10.1 Å². The molecule has 0 aromatic heterocycles. The zero-order valence-corrected chi connectivity index (χ0v) is 13.2. The van der Waals surface area contributed by atoms with Gasteiger partial charge in [0.05, 0.1) is 18.8 Å². The maximum absolute atomic E-state index is 12.6. The Morgan fingerprint density at radius 1 is 1.29 bits per heavy atom. The number of amides is 1. The van der Waals surface area contributed by atoms with Crippen LogP contribution >= 0.6 is 0 Å². The van der Waals surface area contributed by atoms with Crippen molar-refractivity contribution in [2.75, 3.05) is 20.3 Å². The first-order valence-electron chi connectivity index (χ1n) is 7.71. The molecule has 1 aliphatic heterocycles. The molecule has 0 radical (unpaired) electrons. The molecule has 1 fully saturated rings. The summed E-state index contributed by atoms with van der Waals surface area (Å²) in [5.41, 5.74) is 1.19. The van der Waals surface area contributed by atoms with Crippen molar-refractivity contribution < 1.29 is 9.53 Å². The number of ether oxygens (including phenoxy) is 1. The van der Waals surface area contributed by atoms with E-state index in [1.165, 1.54) is 5.56 Å². The number of rotatable bonds is 7. The summed E-state index contributed by atoms with van der Waals surface area (Å²) in [5.74, 6) is 0.748. The lowest BCUT2D eigenvalue weighted by atomic mass is 10.1. The number of hydrogen-bond acceptors (Lipinski definition) is 3. The zero-order chi connectivity index (χ0) is 15.2. The van der Waals surface area contributed by atoms with Crippen LogP contribution in [0.15, 0.2) is 30.3 Å². The average Bonchev–Trinajstić information content (AvgIpc) is 2.73. The van der Waals surface area contributed by atoms with Crippen LogP contribution in [0.2, 0.25) is 0 Å². The molecule has 1 aromatic carbocycles. The van der Waals surface area contributed by atoms with Crippen molar-refractivity contribution in [3.63, 3.8) is 0 Å². The summed E-state index contributed by atoms with van der Waals surface area (Å²) in [6.45, 7) is 5.61. The number of hydrogen-bond donors (Lipinski definition) is 1. The summed E-state index contributed by atoms with van der Waals surface area (Å²) < 4.78 is 5.14. The Labute approximate surface area is 127 Å². The van der Waals surface area contributed by atoms with Gasteiger partial charge in [0.1, 0.15) is 0 Å². The van der Waals surface area contributed by atoms with E-state index in [1.807, 2.05) is 23.1 Å². The number of benzene rings is 1. The molecule has 0 aliphatic carbocycles. The summed E-state index contributed by atoms with van der Waals surface area (Å²) in [7, 11) is 1.67. The second kappa shape index (κ2) is 7.57. The molecule has 21 heavy (non-hydrogen) atoms. The van der Waals surface area contributed by atoms with E-state index in [0.29, 0.717) is 19.1 Å². The van der Waals surface area contributed by atoms with E-state index in [9.17, 15) is 4.79 Å². The molecule has 0 bridgehead atoms. The van der Waals surface area contributed by atoms with Gasteiger partial charge in [-0.1, -0.05) is 44.2 Å². The van der Waals surface area contributed by atoms with Crippen LogP contribution in [0, 0.1) is 5.92 Å². The van der Waals surface area contributed by atoms with Crippen molar-refractivity contribution in [1.29, 1.82) is 0 Å². The molecule has 1 aliphatic rings. The van der Waals surface area contributed by atoms with Gasteiger partial charge in [0.2, 0.25) is 5.91 Å². The SMILES string of the molecule is COCCN1C(=O)C(Cc2ccccc2)NC1CC(C)C. The lowest BCUT2D eigenvalue weighted by Crippen LogP contribution is -2.40. The van der Waals surface area contributed by atoms with Crippen molar-refractivity contribution in [3.05, 3.63) is 35.9 Å². The third-order valence-electron chi connectivity index (χ3n) is 3.86. The van der Waals surface area contributed by atoms with Crippen molar-refractivity contribution >= 4 is 5.91 Å². The van der Waals surface area contributed by atoms with Crippen LogP contribution in [0.4, 0.5) is 0 Å². The molecule has 116 valence electrons. The molecule has 0 spiro atoms. The van der Waals surface area contributed by atoms with E-state index >= 15 is 0 Å². The summed E-state index contributed by atoms with van der Waals surface area (Å²) >= 11 is 0.